The molecule has 4 aliphatic heterocycles. The van der Waals surface area contributed by atoms with Gasteiger partial charge in [-0.05, 0) is 50.3 Å². The molecule has 4 heterocycles. The van der Waals surface area contributed by atoms with Gasteiger partial charge in [-0.1, -0.05) is 91.0 Å². The number of rotatable bonds is 6. The molecule has 1 fully saturated rings. The maximum atomic E-state index is 14.7. The lowest BCUT2D eigenvalue weighted by atomic mass is 9.78. The molecule has 71 heavy (non-hydrogen) atoms. The number of ether oxygens (including phenoxy) is 4. The van der Waals surface area contributed by atoms with Gasteiger partial charge in [-0.25, -0.2) is 0 Å². The molecule has 0 aliphatic carbocycles. The van der Waals surface area contributed by atoms with E-state index in [1.807, 2.05) is 18.9 Å². The molecule has 0 aromatic heterocycles. The Morgan fingerprint density at radius 2 is 1.54 bits per heavy atom. The molecule has 7 rings (SSSR count). The monoisotopic (exact) mass is 983 g/mol. The summed E-state index contributed by atoms with van der Waals surface area (Å²) in [6.45, 7) is 25.3. The first-order chi connectivity index (χ1) is 33.2. The number of hydrogen-bond acceptors (Lipinski definition) is 15. The number of aromatic hydroxyl groups is 3. The number of hydrazone groups is 1. The van der Waals surface area contributed by atoms with Gasteiger partial charge in [0.05, 0.1) is 65.1 Å². The van der Waals surface area contributed by atoms with E-state index < -0.39 is 88.8 Å². The quantitative estimate of drug-likeness (QED) is 0.0597. The number of allylic oxidation sites excluding steroid dienone is 2. The summed E-state index contributed by atoms with van der Waals surface area (Å²) >= 11 is 0. The van der Waals surface area contributed by atoms with E-state index in [-0.39, 0.29) is 62.0 Å². The predicted octanol–water partition coefficient (Wildman–Crippen LogP) is 7.98. The predicted molar refractivity (Wildman–Crippen MR) is 273 cm³/mol. The number of amides is 1. The van der Waals surface area contributed by atoms with E-state index in [0.717, 1.165) is 6.54 Å². The number of anilines is 1. The lowest BCUT2D eigenvalue weighted by Gasteiger charge is -2.43. The van der Waals surface area contributed by atoms with E-state index in [2.05, 4.69) is 55.3 Å². The normalized spacial score (nSPS) is 29.4. The first-order valence-electron chi connectivity index (χ1n) is 24.4. The highest BCUT2D eigenvalue weighted by atomic mass is 16.7. The van der Waals surface area contributed by atoms with Crippen LogP contribution in [-0.4, -0.2) is 122 Å². The number of hydrogen-bond donors (Lipinski definition) is 6. The van der Waals surface area contributed by atoms with Gasteiger partial charge in [-0.2, -0.15) is 5.10 Å². The van der Waals surface area contributed by atoms with Crippen molar-refractivity contribution in [3.8, 4) is 23.0 Å². The van der Waals surface area contributed by atoms with Crippen LogP contribution in [0.2, 0.25) is 0 Å². The van der Waals surface area contributed by atoms with E-state index in [4.69, 9.17) is 24.0 Å². The van der Waals surface area contributed by atoms with Crippen LogP contribution in [0, 0.1) is 30.6 Å². The van der Waals surface area contributed by atoms with Crippen LogP contribution in [0.4, 0.5) is 5.69 Å². The minimum absolute atomic E-state index is 0.0408. The third-order valence-electron chi connectivity index (χ3n) is 14.5. The van der Waals surface area contributed by atoms with Crippen LogP contribution in [0.3, 0.4) is 0 Å². The first kappa shape index (κ1) is 54.4. The molecule has 1 saturated heterocycles. The highest BCUT2D eigenvalue weighted by Gasteiger charge is 2.50. The van der Waals surface area contributed by atoms with Crippen molar-refractivity contribution in [2.24, 2.45) is 28.8 Å². The number of piperazine rings is 1. The van der Waals surface area contributed by atoms with Gasteiger partial charge in [-0.15, -0.1) is 0 Å². The Labute approximate surface area is 417 Å². The van der Waals surface area contributed by atoms with Crippen molar-refractivity contribution in [2.45, 2.75) is 144 Å². The van der Waals surface area contributed by atoms with E-state index in [1.165, 1.54) is 70.6 Å². The summed E-state index contributed by atoms with van der Waals surface area (Å²) in [6.07, 6.45) is 4.90. The van der Waals surface area contributed by atoms with Gasteiger partial charge in [0.2, 0.25) is 0 Å². The molecule has 4 aliphatic rings. The second-order valence-corrected chi connectivity index (χ2v) is 21.1. The van der Waals surface area contributed by atoms with Crippen molar-refractivity contribution in [2.75, 3.05) is 25.5 Å². The number of phenols is 3. The third-order valence-corrected chi connectivity index (χ3v) is 14.5. The summed E-state index contributed by atoms with van der Waals surface area (Å²) in [6, 6.07) is 8.43. The van der Waals surface area contributed by atoms with Crippen LogP contribution in [0.1, 0.15) is 116 Å². The lowest BCUT2D eigenvalue weighted by molar-refractivity contribution is -0.160. The number of phenolic OH excluding ortho intramolecular Hbond substituents is 3. The highest BCUT2D eigenvalue weighted by Crippen LogP contribution is 2.55. The molecule has 5 bridgehead atoms. The number of carbonyl (C=O) groups is 3. The van der Waals surface area contributed by atoms with Crippen molar-refractivity contribution >= 4 is 40.3 Å². The smallest absolute Gasteiger partial charge is 0.312 e. The SMILES string of the molecule is CO[C@@H]1C=CO[C@@]2(C)Oc3c(C)c(O)c4c(O)c(c(C=NN5[C@H](C)CN(Cc6ccc(C(C)(C)C)cc6)C[C@@H]5C)c(O)c4c3C2=O)NC(=O)C(C)=CC=C[C@H](C)[C@H](O)[C@H](C)[C@H](O)[C@H](C)[C@H](OC(C)=O)[C@H]1C. The number of nitrogens with one attached hydrogen (secondary N) is 1. The summed E-state index contributed by atoms with van der Waals surface area (Å²) in [4.78, 5) is 43.6. The molecule has 3 aromatic carbocycles. The molecule has 3 aromatic rings. The standard InChI is InChI=1S/C55H74N4O12/c1-28-16-15-17-29(2)53(67)57-44-39(24-56-59-30(3)25-58(26-31(59)4)27-37-18-20-38(21-19-37)54(10,11)12)48(64)41-42(49(44)65)47(63)35(8)51-43(41)52(66)55(13,71-51)69-23-22-40(68-14)32(5)50(70-36(9)60)34(7)46(62)33(6)45(28)61/h15-24,28,30-34,40,45-46,50,61-65H,25-27H2,1-14H3,(H,57,67)/t28-,30-,31+,32-,33-,34-,40+,45-,46-,50+,55-/m0/s1. The van der Waals surface area contributed by atoms with Crippen molar-refractivity contribution in [1.29, 1.82) is 0 Å². The summed E-state index contributed by atoms with van der Waals surface area (Å²) in [5.41, 5.74) is 2.09. The van der Waals surface area contributed by atoms with Gasteiger partial charge in [0, 0.05) is 80.8 Å². The van der Waals surface area contributed by atoms with Gasteiger partial charge < -0.3 is 49.8 Å². The van der Waals surface area contributed by atoms with Crippen LogP contribution in [0.5, 0.6) is 23.0 Å². The molecule has 1 amide bonds. The number of ketones is 1. The van der Waals surface area contributed by atoms with Gasteiger partial charge in [0.15, 0.2) is 5.75 Å². The molecule has 0 spiro atoms. The van der Waals surface area contributed by atoms with Crippen molar-refractivity contribution in [3.63, 3.8) is 0 Å². The Morgan fingerprint density at radius 3 is 2.13 bits per heavy atom. The summed E-state index contributed by atoms with van der Waals surface area (Å²) in [5, 5.41) is 68.4. The van der Waals surface area contributed by atoms with Crippen molar-refractivity contribution in [3.05, 3.63) is 88.2 Å². The summed E-state index contributed by atoms with van der Waals surface area (Å²) in [5.74, 6) is -8.48. The van der Waals surface area contributed by atoms with E-state index >= 15 is 0 Å². The zero-order chi connectivity index (χ0) is 52.6. The molecule has 6 N–H and O–H groups in total. The Hall–Kier alpha value is -5.94. The average Bonchev–Trinajstić information content (AvgIpc) is 3.57. The minimum atomic E-state index is -2.07. The maximum Gasteiger partial charge on any atom is 0.312 e. The molecule has 0 radical (unpaired) electrons. The van der Waals surface area contributed by atoms with Crippen molar-refractivity contribution < 1.29 is 58.9 Å². The van der Waals surface area contributed by atoms with Crippen LogP contribution in [0.15, 0.2) is 65.5 Å². The highest BCUT2D eigenvalue weighted by molar-refractivity contribution is 6.23. The molecule has 11 atom stereocenters. The Morgan fingerprint density at radius 1 is 0.901 bits per heavy atom. The Kier molecular flexibility index (Phi) is 16.4. The first-order valence-corrected chi connectivity index (χ1v) is 24.4. The van der Waals surface area contributed by atoms with Gasteiger partial charge in [0.25, 0.3) is 11.7 Å². The Bertz CT molecular complexity index is 2610. The molecule has 0 unspecified atom stereocenters. The zero-order valence-corrected chi connectivity index (χ0v) is 43.6. The third kappa shape index (κ3) is 11.1. The number of Topliss-reactive ketones (excluding diaryl/α,β-unsaturated/α-hetero) is 1. The van der Waals surface area contributed by atoms with E-state index in [1.54, 1.807) is 39.8 Å². The molecular weight excluding hydrogens is 909 g/mol. The minimum Gasteiger partial charge on any atom is -0.507 e. The zero-order valence-electron chi connectivity index (χ0n) is 43.6. The number of methoxy groups -OCH3 is 1. The largest absolute Gasteiger partial charge is 0.507 e. The fourth-order valence-corrected chi connectivity index (χ4v) is 10.1. The fourth-order valence-electron chi connectivity index (χ4n) is 10.1. The number of aliphatic hydroxyl groups is 2. The van der Waals surface area contributed by atoms with E-state index in [9.17, 15) is 39.9 Å². The summed E-state index contributed by atoms with van der Waals surface area (Å²) < 4.78 is 23.9. The fraction of sp³-hybridized carbons (Fsp3) is 0.527. The molecule has 16 heteroatoms. The number of esters is 1. The van der Waals surface area contributed by atoms with Crippen LogP contribution >= 0.6 is 0 Å². The number of carbonyl (C=O) groups excluding carboxylic acids is 3. The summed E-state index contributed by atoms with van der Waals surface area (Å²) in [7, 11) is 1.44. The molecule has 16 nitrogen and oxygen atoms in total. The van der Waals surface area contributed by atoms with Crippen LogP contribution < -0.4 is 10.1 Å². The van der Waals surface area contributed by atoms with Gasteiger partial charge >= 0.3 is 11.8 Å². The van der Waals surface area contributed by atoms with Gasteiger partial charge in [0.1, 0.15) is 23.4 Å². The number of nitrogens with zero attached hydrogens (tertiary/aromatic N) is 3. The van der Waals surface area contributed by atoms with Crippen LogP contribution in [0.25, 0.3) is 10.8 Å². The molecule has 0 saturated carbocycles. The second-order valence-electron chi connectivity index (χ2n) is 21.1. The number of benzene rings is 3. The molecular formula is C55H74N4O12. The lowest BCUT2D eigenvalue weighted by Crippen LogP contribution is -2.54. The average molecular weight is 983 g/mol. The maximum absolute atomic E-state index is 14.7. The van der Waals surface area contributed by atoms with Crippen LogP contribution in [-0.2, 0) is 35.8 Å². The topological polar surface area (TPSA) is 220 Å². The number of fused-ring (bicyclic) bond motifs is 14. The Balaban J connectivity index is 1.45. The number of aliphatic hydroxyl groups excluding tert-OH is 2. The van der Waals surface area contributed by atoms with Crippen molar-refractivity contribution in [1.82, 2.24) is 9.91 Å². The second kappa shape index (κ2) is 21.4. The van der Waals surface area contributed by atoms with E-state index in [0.29, 0.717) is 13.1 Å². The van der Waals surface area contributed by atoms with Gasteiger partial charge in [-0.3, -0.25) is 24.3 Å². The molecule has 386 valence electrons.